The van der Waals surface area contributed by atoms with E-state index in [1.165, 1.54) is 38.9 Å². The second-order valence-electron chi connectivity index (χ2n) is 10.3. The average Bonchev–Trinajstić information content (AvgIpc) is 3.20. The first-order valence-corrected chi connectivity index (χ1v) is 12.8. The Kier molecular flexibility index (Phi) is 8.92. The molecule has 0 aliphatic carbocycles. The lowest BCUT2D eigenvalue weighted by atomic mass is 9.87. The van der Waals surface area contributed by atoms with E-state index in [-0.39, 0.29) is 6.54 Å². The molecule has 1 fully saturated rings. The first-order valence-electron chi connectivity index (χ1n) is 12.8. The lowest BCUT2D eigenvalue weighted by Gasteiger charge is -2.32. The van der Waals surface area contributed by atoms with Crippen LogP contribution in [0.3, 0.4) is 0 Å². The third-order valence-corrected chi connectivity index (χ3v) is 7.66. The lowest BCUT2D eigenvalue weighted by molar-refractivity contribution is 0.0754. The summed E-state index contributed by atoms with van der Waals surface area (Å²) >= 11 is 0. The molecular formula is C30H42F2N2. The highest BCUT2D eigenvalue weighted by Crippen LogP contribution is 2.38. The highest BCUT2D eigenvalue weighted by atomic mass is 19.3. The van der Waals surface area contributed by atoms with Crippen molar-refractivity contribution in [2.75, 3.05) is 19.6 Å². The molecule has 186 valence electrons. The Hall–Kier alpha value is -2.20. The fourth-order valence-electron chi connectivity index (χ4n) is 5.13. The maximum atomic E-state index is 12.8. The third-order valence-electron chi connectivity index (χ3n) is 7.66. The highest BCUT2D eigenvalue weighted by Gasteiger charge is 2.24. The molecular weight excluding hydrogens is 426 g/mol. The molecule has 1 aliphatic rings. The topological polar surface area (TPSA) is 19.0 Å². The summed E-state index contributed by atoms with van der Waals surface area (Å²) in [6.45, 7) is 18.8. The molecule has 4 heteroatoms. The van der Waals surface area contributed by atoms with Gasteiger partial charge in [-0.1, -0.05) is 58.1 Å². The number of nitrogens with one attached hydrogen (secondary N) is 1. The number of piperidine rings is 1. The van der Waals surface area contributed by atoms with Crippen LogP contribution in [0.5, 0.6) is 0 Å². The number of allylic oxidation sites excluding steroid dienone is 5. The largest absolute Gasteiger partial charge is 0.354 e. The Morgan fingerprint density at radius 1 is 1.18 bits per heavy atom. The molecule has 0 bridgehead atoms. The number of hydrogen-bond donors (Lipinski definition) is 1. The maximum Gasteiger partial charge on any atom is 0.251 e. The van der Waals surface area contributed by atoms with Crippen molar-refractivity contribution < 1.29 is 8.78 Å². The molecule has 3 rings (SSSR count). The van der Waals surface area contributed by atoms with Gasteiger partial charge in [0.15, 0.2) is 0 Å². The number of hydrogen-bond acceptors (Lipinski definition) is 1. The monoisotopic (exact) mass is 468 g/mol. The number of alkyl halides is 2. The second-order valence-corrected chi connectivity index (χ2v) is 10.3. The van der Waals surface area contributed by atoms with E-state index >= 15 is 0 Å². The summed E-state index contributed by atoms with van der Waals surface area (Å²) in [4.78, 5) is 5.64. The summed E-state index contributed by atoms with van der Waals surface area (Å²) in [7, 11) is 0. The number of H-pyrrole nitrogens is 1. The zero-order valence-corrected chi connectivity index (χ0v) is 21.8. The van der Waals surface area contributed by atoms with Crippen molar-refractivity contribution in [1.82, 2.24) is 9.88 Å². The first kappa shape index (κ1) is 26.4. The van der Waals surface area contributed by atoms with Gasteiger partial charge in [-0.3, -0.25) is 4.90 Å². The van der Waals surface area contributed by atoms with Crippen molar-refractivity contribution in [1.29, 1.82) is 0 Å². The molecule has 2 nitrogen and oxygen atoms in total. The number of rotatable bonds is 9. The van der Waals surface area contributed by atoms with E-state index < -0.39 is 6.43 Å². The van der Waals surface area contributed by atoms with Crippen LogP contribution >= 0.6 is 0 Å². The van der Waals surface area contributed by atoms with Gasteiger partial charge in [0.1, 0.15) is 0 Å². The first-order chi connectivity index (χ1) is 16.2. The van der Waals surface area contributed by atoms with Crippen molar-refractivity contribution in [3.8, 4) is 0 Å². The van der Waals surface area contributed by atoms with Crippen LogP contribution in [0.4, 0.5) is 8.78 Å². The molecule has 0 amide bonds. The van der Waals surface area contributed by atoms with Gasteiger partial charge < -0.3 is 4.98 Å². The van der Waals surface area contributed by atoms with Gasteiger partial charge in [-0.05, 0) is 92.8 Å². The van der Waals surface area contributed by atoms with Gasteiger partial charge in [0.05, 0.1) is 12.2 Å². The van der Waals surface area contributed by atoms with Crippen LogP contribution in [0.2, 0.25) is 0 Å². The van der Waals surface area contributed by atoms with Gasteiger partial charge >= 0.3 is 0 Å². The summed E-state index contributed by atoms with van der Waals surface area (Å²) in [5, 5.41) is 1.28. The Morgan fingerprint density at radius 3 is 2.41 bits per heavy atom. The summed E-state index contributed by atoms with van der Waals surface area (Å²) in [6.07, 6.45) is 5.02. The van der Waals surface area contributed by atoms with E-state index in [2.05, 4.69) is 77.4 Å². The normalized spacial score (nSPS) is 18.1. The lowest BCUT2D eigenvalue weighted by Crippen LogP contribution is -2.36. The van der Waals surface area contributed by atoms with Crippen LogP contribution in [-0.4, -0.2) is 35.9 Å². The van der Waals surface area contributed by atoms with Crippen LogP contribution < -0.4 is 0 Å². The zero-order valence-electron chi connectivity index (χ0n) is 21.8. The number of likely N-dealkylation sites (tertiary alicyclic amines) is 1. The van der Waals surface area contributed by atoms with E-state index in [9.17, 15) is 8.78 Å². The molecule has 2 heterocycles. The van der Waals surface area contributed by atoms with E-state index in [1.54, 1.807) is 0 Å². The smallest absolute Gasteiger partial charge is 0.251 e. The summed E-state index contributed by atoms with van der Waals surface area (Å²) in [5.41, 5.74) is 8.78. The Labute approximate surface area is 204 Å². The molecule has 0 spiro atoms. The molecule has 2 aromatic rings. The molecule has 0 radical (unpaired) electrons. The van der Waals surface area contributed by atoms with Gasteiger partial charge in [0, 0.05) is 16.5 Å². The minimum Gasteiger partial charge on any atom is -0.354 e. The van der Waals surface area contributed by atoms with E-state index in [0.717, 1.165) is 37.9 Å². The van der Waals surface area contributed by atoms with Gasteiger partial charge in [-0.25, -0.2) is 8.78 Å². The highest BCUT2D eigenvalue weighted by molar-refractivity contribution is 5.93. The predicted molar refractivity (Wildman–Crippen MR) is 143 cm³/mol. The summed E-state index contributed by atoms with van der Waals surface area (Å²) in [6, 6.07) is 6.78. The third kappa shape index (κ3) is 5.89. The molecule has 1 aromatic carbocycles. The number of fused-ring (bicyclic) bond motifs is 1. The fourth-order valence-corrected chi connectivity index (χ4v) is 5.13. The number of aromatic amines is 1. The van der Waals surface area contributed by atoms with Crippen LogP contribution in [0, 0.1) is 5.92 Å². The maximum absolute atomic E-state index is 12.8. The predicted octanol–water partition coefficient (Wildman–Crippen LogP) is 8.69. The minimum atomic E-state index is -2.25. The SMILES string of the molecule is C=C/C(C)=C(\C=C(\C)C(C)CC)c1[nH]c2ccc(C3CCN(CC(F)F)CC3)cc2c1C(C)C. The molecule has 1 saturated heterocycles. The molecule has 1 N–H and O–H groups in total. The van der Waals surface area contributed by atoms with Crippen LogP contribution in [0.1, 0.15) is 89.5 Å². The summed E-state index contributed by atoms with van der Waals surface area (Å²) in [5.74, 6) is 1.31. The van der Waals surface area contributed by atoms with Gasteiger partial charge in [-0.2, -0.15) is 0 Å². The van der Waals surface area contributed by atoms with Crippen molar-refractivity contribution >= 4 is 16.5 Å². The van der Waals surface area contributed by atoms with Gasteiger partial charge in [-0.15, -0.1) is 0 Å². The van der Waals surface area contributed by atoms with E-state index in [4.69, 9.17) is 0 Å². The van der Waals surface area contributed by atoms with Crippen LogP contribution in [-0.2, 0) is 0 Å². The standard InChI is InChI=1S/C30H42F2N2/c1-8-20(5)22(7)16-25(21(6)9-2)30-29(19(3)4)26-17-24(10-11-27(26)33-30)23-12-14-34(15-13-23)18-28(31)32/h9-11,16-17,19-20,23,28,33H,2,8,12-15,18H2,1,3-7H3/b22-16-,25-21+. The second kappa shape index (κ2) is 11.5. The van der Waals surface area contributed by atoms with Crippen molar-refractivity contribution in [3.63, 3.8) is 0 Å². The molecule has 0 saturated carbocycles. The molecule has 1 atom stereocenters. The molecule has 1 aliphatic heterocycles. The Bertz CT molecular complexity index is 1050. The van der Waals surface area contributed by atoms with Crippen molar-refractivity contribution in [2.45, 2.75) is 79.1 Å². The van der Waals surface area contributed by atoms with E-state index in [1.807, 2.05) is 11.0 Å². The van der Waals surface area contributed by atoms with Crippen molar-refractivity contribution in [2.24, 2.45) is 5.92 Å². The number of benzene rings is 1. The van der Waals surface area contributed by atoms with E-state index in [0.29, 0.717) is 17.8 Å². The average molecular weight is 469 g/mol. The fraction of sp³-hybridized carbons (Fsp3) is 0.533. The number of aromatic nitrogens is 1. The zero-order chi connectivity index (χ0) is 25.0. The quantitative estimate of drug-likeness (QED) is 0.365. The minimum absolute atomic E-state index is 0.105. The van der Waals surface area contributed by atoms with Gasteiger partial charge in [0.25, 0.3) is 6.43 Å². The number of halogens is 2. The number of nitrogens with zero attached hydrogens (tertiary/aromatic N) is 1. The van der Waals surface area contributed by atoms with Crippen molar-refractivity contribution in [3.05, 3.63) is 64.9 Å². The molecule has 1 unspecified atom stereocenters. The van der Waals surface area contributed by atoms with Gasteiger partial charge in [0.2, 0.25) is 0 Å². The Morgan fingerprint density at radius 2 is 1.85 bits per heavy atom. The summed E-state index contributed by atoms with van der Waals surface area (Å²) < 4.78 is 25.5. The van der Waals surface area contributed by atoms with Crippen LogP contribution in [0.15, 0.2) is 48.1 Å². The molecule has 1 aromatic heterocycles. The Balaban J connectivity index is 2.03. The van der Waals surface area contributed by atoms with Crippen LogP contribution in [0.25, 0.3) is 16.5 Å². The molecule has 34 heavy (non-hydrogen) atoms.